The fourth-order valence-electron chi connectivity index (χ4n) is 1.30. The number of hydrogen-bond acceptors (Lipinski definition) is 2. The van der Waals surface area contributed by atoms with Crippen LogP contribution in [-0.2, 0) is 0 Å². The third-order valence-electron chi connectivity index (χ3n) is 2.08. The molecule has 0 saturated heterocycles. The Hall–Kier alpha value is -1.35. The lowest BCUT2D eigenvalue weighted by Gasteiger charge is -2.07. The van der Waals surface area contributed by atoms with Gasteiger partial charge in [-0.15, -0.1) is 0 Å². The molecular formula is C11H12ClN3. The molecule has 2 aromatic heterocycles. The van der Waals surface area contributed by atoms with Crippen LogP contribution in [0.5, 0.6) is 0 Å². The van der Waals surface area contributed by atoms with Crippen LogP contribution in [-0.4, -0.2) is 14.5 Å². The van der Waals surface area contributed by atoms with Crippen molar-refractivity contribution in [1.82, 2.24) is 14.5 Å². The molecule has 2 aromatic rings. The molecule has 0 aliphatic carbocycles. The predicted molar refractivity (Wildman–Crippen MR) is 60.5 cm³/mol. The molecule has 0 atom stereocenters. The molecule has 0 spiro atoms. The second-order valence-corrected chi connectivity index (χ2v) is 4.04. The highest BCUT2D eigenvalue weighted by molar-refractivity contribution is 6.29. The van der Waals surface area contributed by atoms with Crippen molar-refractivity contribution in [3.05, 3.63) is 41.6 Å². The van der Waals surface area contributed by atoms with Gasteiger partial charge >= 0.3 is 0 Å². The van der Waals surface area contributed by atoms with Gasteiger partial charge in [0.2, 0.25) is 0 Å². The molecule has 0 unspecified atom stereocenters. The maximum Gasteiger partial charge on any atom is 0.141 e. The van der Waals surface area contributed by atoms with Crippen LogP contribution in [0.25, 0.3) is 5.82 Å². The summed E-state index contributed by atoms with van der Waals surface area (Å²) in [7, 11) is 0. The smallest absolute Gasteiger partial charge is 0.141 e. The van der Waals surface area contributed by atoms with Crippen molar-refractivity contribution in [1.29, 1.82) is 0 Å². The Morgan fingerprint density at radius 1 is 1.20 bits per heavy atom. The molecule has 78 valence electrons. The maximum atomic E-state index is 5.95. The van der Waals surface area contributed by atoms with Crippen molar-refractivity contribution < 1.29 is 0 Å². The zero-order valence-corrected chi connectivity index (χ0v) is 9.44. The van der Waals surface area contributed by atoms with Gasteiger partial charge in [0.05, 0.1) is 0 Å². The molecule has 0 aliphatic heterocycles. The van der Waals surface area contributed by atoms with Crippen LogP contribution in [0.15, 0.2) is 30.6 Å². The third kappa shape index (κ3) is 2.18. The zero-order chi connectivity index (χ0) is 10.8. The van der Waals surface area contributed by atoms with Gasteiger partial charge in [-0.05, 0) is 12.1 Å². The summed E-state index contributed by atoms with van der Waals surface area (Å²) in [6.07, 6.45) is 3.87. The number of halogens is 1. The van der Waals surface area contributed by atoms with Gasteiger partial charge in [-0.25, -0.2) is 9.97 Å². The average molecular weight is 222 g/mol. The number of aromatic nitrogens is 3. The first-order valence-corrected chi connectivity index (χ1v) is 5.22. The van der Waals surface area contributed by atoms with E-state index in [-0.39, 0.29) is 5.92 Å². The summed E-state index contributed by atoms with van der Waals surface area (Å²) < 4.78 is 1.92. The minimum Gasteiger partial charge on any atom is -0.309 e. The Morgan fingerprint density at radius 3 is 2.47 bits per heavy atom. The van der Waals surface area contributed by atoms with Gasteiger partial charge in [-0.2, -0.15) is 0 Å². The number of hydrogen-bond donors (Lipinski definition) is 0. The molecular weight excluding hydrogens is 210 g/mol. The maximum absolute atomic E-state index is 5.95. The van der Waals surface area contributed by atoms with E-state index in [2.05, 4.69) is 9.97 Å². The van der Waals surface area contributed by atoms with E-state index >= 15 is 0 Å². The van der Waals surface area contributed by atoms with Crippen molar-refractivity contribution in [3.63, 3.8) is 0 Å². The summed E-state index contributed by atoms with van der Waals surface area (Å²) in [5.74, 6) is 1.85. The predicted octanol–water partition coefficient (Wildman–Crippen LogP) is 3.04. The molecule has 0 aliphatic rings. The van der Waals surface area contributed by atoms with E-state index in [1.165, 1.54) is 0 Å². The van der Waals surface area contributed by atoms with Gasteiger partial charge in [-0.3, -0.25) is 0 Å². The van der Waals surface area contributed by atoms with Crippen LogP contribution >= 0.6 is 11.6 Å². The van der Waals surface area contributed by atoms with Crippen LogP contribution in [0, 0.1) is 0 Å². The molecule has 3 nitrogen and oxygen atoms in total. The lowest BCUT2D eigenvalue weighted by molar-refractivity contribution is 0.763. The number of nitrogens with zero attached hydrogens (tertiary/aromatic N) is 3. The quantitative estimate of drug-likeness (QED) is 0.730. The van der Waals surface area contributed by atoms with Crippen LogP contribution in [0.1, 0.15) is 25.6 Å². The molecule has 0 fully saturated rings. The Morgan fingerprint density at radius 2 is 1.87 bits per heavy atom. The van der Waals surface area contributed by atoms with E-state index in [1.807, 2.05) is 42.9 Å². The SMILES string of the molecule is CC(C)c1nc(Cl)cc(-n2cccc2)n1. The molecule has 0 bridgehead atoms. The molecule has 0 aromatic carbocycles. The molecule has 2 heterocycles. The standard InChI is InChI=1S/C11H12ClN3/c1-8(2)11-13-9(12)7-10(14-11)15-5-3-4-6-15/h3-8H,1-2H3. The molecule has 0 radical (unpaired) electrons. The van der Waals surface area contributed by atoms with Crippen LogP contribution in [0.2, 0.25) is 5.15 Å². The first-order chi connectivity index (χ1) is 7.16. The van der Waals surface area contributed by atoms with Crippen molar-refractivity contribution in [3.8, 4) is 5.82 Å². The van der Waals surface area contributed by atoms with E-state index in [0.29, 0.717) is 5.15 Å². The summed E-state index contributed by atoms with van der Waals surface area (Å²) in [4.78, 5) is 8.63. The summed E-state index contributed by atoms with van der Waals surface area (Å²) in [6, 6.07) is 5.66. The monoisotopic (exact) mass is 221 g/mol. The Kier molecular flexibility index (Phi) is 2.73. The van der Waals surface area contributed by atoms with Gasteiger partial charge < -0.3 is 4.57 Å². The van der Waals surface area contributed by atoms with E-state index in [0.717, 1.165) is 11.6 Å². The van der Waals surface area contributed by atoms with E-state index in [9.17, 15) is 0 Å². The van der Waals surface area contributed by atoms with E-state index < -0.39 is 0 Å². The number of rotatable bonds is 2. The highest BCUT2D eigenvalue weighted by Gasteiger charge is 2.07. The molecule has 0 amide bonds. The Labute approximate surface area is 93.7 Å². The van der Waals surface area contributed by atoms with Crippen LogP contribution < -0.4 is 0 Å². The summed E-state index contributed by atoms with van der Waals surface area (Å²) in [5, 5.41) is 0.484. The highest BCUT2D eigenvalue weighted by Crippen LogP contribution is 2.16. The molecule has 0 saturated carbocycles. The van der Waals surface area contributed by atoms with Crippen molar-refractivity contribution >= 4 is 11.6 Å². The van der Waals surface area contributed by atoms with Crippen molar-refractivity contribution in [2.24, 2.45) is 0 Å². The van der Waals surface area contributed by atoms with Crippen molar-refractivity contribution in [2.75, 3.05) is 0 Å². The zero-order valence-electron chi connectivity index (χ0n) is 8.68. The Bertz CT molecular complexity index is 449. The molecule has 0 N–H and O–H groups in total. The topological polar surface area (TPSA) is 30.7 Å². The van der Waals surface area contributed by atoms with E-state index in [1.54, 1.807) is 6.07 Å². The average Bonchev–Trinajstić information content (AvgIpc) is 2.69. The van der Waals surface area contributed by atoms with E-state index in [4.69, 9.17) is 11.6 Å². The van der Waals surface area contributed by atoms with Crippen LogP contribution in [0.4, 0.5) is 0 Å². The van der Waals surface area contributed by atoms with Gasteiger partial charge in [-0.1, -0.05) is 25.4 Å². The fourth-order valence-corrected chi connectivity index (χ4v) is 1.48. The Balaban J connectivity index is 2.49. The second kappa shape index (κ2) is 4.03. The summed E-state index contributed by atoms with van der Waals surface area (Å²) in [6.45, 7) is 4.09. The van der Waals surface area contributed by atoms with Gasteiger partial charge in [0.15, 0.2) is 0 Å². The molecule has 4 heteroatoms. The molecule has 15 heavy (non-hydrogen) atoms. The lowest BCUT2D eigenvalue weighted by atomic mass is 10.2. The largest absolute Gasteiger partial charge is 0.309 e. The van der Waals surface area contributed by atoms with Gasteiger partial charge in [0.25, 0.3) is 0 Å². The summed E-state index contributed by atoms with van der Waals surface area (Å²) >= 11 is 5.95. The lowest BCUT2D eigenvalue weighted by Crippen LogP contribution is -2.03. The summed E-state index contributed by atoms with van der Waals surface area (Å²) in [5.41, 5.74) is 0. The minimum atomic E-state index is 0.276. The first kappa shape index (κ1) is 10.2. The highest BCUT2D eigenvalue weighted by atomic mass is 35.5. The van der Waals surface area contributed by atoms with Gasteiger partial charge in [0, 0.05) is 24.4 Å². The van der Waals surface area contributed by atoms with Crippen molar-refractivity contribution in [2.45, 2.75) is 19.8 Å². The van der Waals surface area contributed by atoms with Gasteiger partial charge in [0.1, 0.15) is 16.8 Å². The molecule has 2 rings (SSSR count). The van der Waals surface area contributed by atoms with Crippen LogP contribution in [0.3, 0.4) is 0 Å². The minimum absolute atomic E-state index is 0.276. The second-order valence-electron chi connectivity index (χ2n) is 3.65. The third-order valence-corrected chi connectivity index (χ3v) is 2.28. The first-order valence-electron chi connectivity index (χ1n) is 4.84. The fraction of sp³-hybridized carbons (Fsp3) is 0.273. The normalized spacial score (nSPS) is 10.9.